The first kappa shape index (κ1) is 11.7. The lowest BCUT2D eigenvalue weighted by Crippen LogP contribution is -2.03. The molecule has 4 heteroatoms. The maximum absolute atomic E-state index is 13.0. The summed E-state index contributed by atoms with van der Waals surface area (Å²) in [5.41, 5.74) is 8.02. The molecule has 0 spiro atoms. The number of nitrogen functional groups attached to an aromatic ring is 1. The summed E-state index contributed by atoms with van der Waals surface area (Å²) in [5.74, 6) is -0.321. The minimum atomic E-state index is -0.321. The van der Waals surface area contributed by atoms with E-state index < -0.39 is 0 Å². The third-order valence-electron chi connectivity index (χ3n) is 2.45. The van der Waals surface area contributed by atoms with Gasteiger partial charge in [-0.25, -0.2) is 4.39 Å². The molecule has 3 N–H and O–H groups in total. The molecule has 2 nitrogen and oxygen atoms in total. The molecule has 17 heavy (non-hydrogen) atoms. The monoisotopic (exact) mass is 250 g/mol. The van der Waals surface area contributed by atoms with Gasteiger partial charge in [-0.05, 0) is 29.8 Å². The molecular weight excluding hydrogens is 239 g/mol. The Labute approximate surface area is 104 Å². The van der Waals surface area contributed by atoms with Crippen molar-refractivity contribution in [2.45, 2.75) is 6.54 Å². The number of anilines is 2. The molecule has 2 rings (SSSR count). The molecule has 0 aliphatic carbocycles. The molecule has 0 atom stereocenters. The van der Waals surface area contributed by atoms with Crippen molar-refractivity contribution in [3.8, 4) is 0 Å². The number of nitrogens with one attached hydrogen (secondary N) is 1. The molecule has 0 amide bonds. The van der Waals surface area contributed by atoms with Gasteiger partial charge in [0, 0.05) is 12.2 Å². The van der Waals surface area contributed by atoms with Crippen LogP contribution >= 0.6 is 11.6 Å². The van der Waals surface area contributed by atoms with E-state index in [1.54, 1.807) is 0 Å². The van der Waals surface area contributed by atoms with Gasteiger partial charge in [-0.15, -0.1) is 0 Å². The Kier molecular flexibility index (Phi) is 3.49. The van der Waals surface area contributed by atoms with Crippen molar-refractivity contribution in [2.75, 3.05) is 11.1 Å². The van der Waals surface area contributed by atoms with Crippen molar-refractivity contribution in [3.63, 3.8) is 0 Å². The minimum absolute atomic E-state index is 0.321. The highest BCUT2D eigenvalue weighted by Gasteiger charge is 2.03. The van der Waals surface area contributed by atoms with Crippen LogP contribution in [0.4, 0.5) is 15.8 Å². The van der Waals surface area contributed by atoms with Crippen LogP contribution in [0.2, 0.25) is 5.02 Å². The summed E-state index contributed by atoms with van der Waals surface area (Å²) in [6.07, 6.45) is 0. The molecule has 0 heterocycles. The Morgan fingerprint density at radius 1 is 1.18 bits per heavy atom. The number of benzene rings is 2. The van der Waals surface area contributed by atoms with E-state index in [1.807, 2.05) is 24.3 Å². The molecule has 2 aromatic carbocycles. The fraction of sp³-hybridized carbons (Fsp3) is 0.0769. The minimum Gasteiger partial charge on any atom is -0.398 e. The molecular formula is C13H12ClFN2. The highest BCUT2D eigenvalue weighted by atomic mass is 35.5. The van der Waals surface area contributed by atoms with Crippen molar-refractivity contribution in [1.29, 1.82) is 0 Å². The summed E-state index contributed by atoms with van der Waals surface area (Å²) in [4.78, 5) is 0. The average molecular weight is 251 g/mol. The molecule has 0 saturated heterocycles. The summed E-state index contributed by atoms with van der Waals surface area (Å²) < 4.78 is 13.0. The van der Waals surface area contributed by atoms with Crippen molar-refractivity contribution in [2.24, 2.45) is 0 Å². The highest BCUT2D eigenvalue weighted by molar-refractivity contribution is 6.33. The Hall–Kier alpha value is -1.74. The van der Waals surface area contributed by atoms with Gasteiger partial charge >= 0.3 is 0 Å². The van der Waals surface area contributed by atoms with Crippen LogP contribution in [0, 0.1) is 5.82 Å². The quantitative estimate of drug-likeness (QED) is 0.816. The lowest BCUT2D eigenvalue weighted by molar-refractivity contribution is 0.628. The standard InChI is InChI=1S/C13H12ClFN2/c14-11-6-5-10(15)7-13(11)17-8-9-3-1-2-4-12(9)16/h1-7,17H,8,16H2. The summed E-state index contributed by atoms with van der Waals surface area (Å²) in [6, 6.07) is 11.7. The fourth-order valence-electron chi connectivity index (χ4n) is 1.52. The largest absolute Gasteiger partial charge is 0.398 e. The predicted molar refractivity (Wildman–Crippen MR) is 69.6 cm³/mol. The first-order valence-electron chi connectivity index (χ1n) is 5.19. The lowest BCUT2D eigenvalue weighted by atomic mass is 10.2. The van der Waals surface area contributed by atoms with Crippen LogP contribution in [0.1, 0.15) is 5.56 Å². The SMILES string of the molecule is Nc1ccccc1CNc1cc(F)ccc1Cl. The van der Waals surface area contributed by atoms with E-state index in [2.05, 4.69) is 5.32 Å². The smallest absolute Gasteiger partial charge is 0.125 e. The predicted octanol–water partition coefficient (Wildman–Crippen LogP) is 3.67. The van der Waals surface area contributed by atoms with E-state index in [0.717, 1.165) is 5.56 Å². The number of hydrogen-bond acceptors (Lipinski definition) is 2. The van der Waals surface area contributed by atoms with Gasteiger partial charge in [-0.2, -0.15) is 0 Å². The van der Waals surface area contributed by atoms with E-state index in [9.17, 15) is 4.39 Å². The third kappa shape index (κ3) is 2.88. The van der Waals surface area contributed by atoms with Gasteiger partial charge in [0.25, 0.3) is 0 Å². The lowest BCUT2D eigenvalue weighted by Gasteiger charge is -2.10. The molecule has 0 unspecified atom stereocenters. The van der Waals surface area contributed by atoms with Gasteiger partial charge in [-0.1, -0.05) is 29.8 Å². The van der Waals surface area contributed by atoms with Crippen molar-refractivity contribution < 1.29 is 4.39 Å². The summed E-state index contributed by atoms with van der Waals surface area (Å²) in [7, 11) is 0. The van der Waals surface area contributed by atoms with Gasteiger partial charge in [0.1, 0.15) is 5.82 Å². The Bertz CT molecular complexity index is 529. The fourth-order valence-corrected chi connectivity index (χ4v) is 1.70. The van der Waals surface area contributed by atoms with Gasteiger partial charge in [0.05, 0.1) is 10.7 Å². The molecule has 0 fully saturated rings. The van der Waals surface area contributed by atoms with Crippen LogP contribution in [0.3, 0.4) is 0 Å². The van der Waals surface area contributed by atoms with Crippen LogP contribution in [0.15, 0.2) is 42.5 Å². The van der Waals surface area contributed by atoms with Crippen molar-refractivity contribution in [3.05, 3.63) is 58.9 Å². The zero-order valence-corrected chi connectivity index (χ0v) is 9.84. The molecule has 0 bridgehead atoms. The Morgan fingerprint density at radius 3 is 2.71 bits per heavy atom. The van der Waals surface area contributed by atoms with Crippen LogP contribution in [0.5, 0.6) is 0 Å². The maximum atomic E-state index is 13.0. The topological polar surface area (TPSA) is 38.0 Å². The van der Waals surface area contributed by atoms with E-state index in [0.29, 0.717) is 22.9 Å². The van der Waals surface area contributed by atoms with E-state index in [4.69, 9.17) is 17.3 Å². The van der Waals surface area contributed by atoms with Gasteiger partial charge < -0.3 is 11.1 Å². The Balaban J connectivity index is 2.12. The maximum Gasteiger partial charge on any atom is 0.125 e. The second-order valence-corrected chi connectivity index (χ2v) is 4.08. The number of nitrogens with two attached hydrogens (primary N) is 1. The summed E-state index contributed by atoms with van der Waals surface area (Å²) in [6.45, 7) is 0.510. The summed E-state index contributed by atoms with van der Waals surface area (Å²) in [5, 5.41) is 3.55. The van der Waals surface area contributed by atoms with Crippen LogP contribution < -0.4 is 11.1 Å². The van der Waals surface area contributed by atoms with Gasteiger partial charge in [0.2, 0.25) is 0 Å². The van der Waals surface area contributed by atoms with Crippen LogP contribution in [-0.2, 0) is 6.54 Å². The molecule has 0 radical (unpaired) electrons. The third-order valence-corrected chi connectivity index (χ3v) is 2.78. The van der Waals surface area contributed by atoms with E-state index in [1.165, 1.54) is 18.2 Å². The molecule has 0 aromatic heterocycles. The average Bonchev–Trinajstić information content (AvgIpc) is 2.32. The normalized spacial score (nSPS) is 10.2. The summed E-state index contributed by atoms with van der Waals surface area (Å²) >= 11 is 5.94. The number of hydrogen-bond donors (Lipinski definition) is 2. The molecule has 0 saturated carbocycles. The van der Waals surface area contributed by atoms with Gasteiger partial charge in [0.15, 0.2) is 0 Å². The number of halogens is 2. The molecule has 88 valence electrons. The molecule has 0 aliphatic rings. The second-order valence-electron chi connectivity index (χ2n) is 3.68. The second kappa shape index (κ2) is 5.06. The highest BCUT2D eigenvalue weighted by Crippen LogP contribution is 2.23. The van der Waals surface area contributed by atoms with Gasteiger partial charge in [-0.3, -0.25) is 0 Å². The molecule has 2 aromatic rings. The van der Waals surface area contributed by atoms with E-state index >= 15 is 0 Å². The number of rotatable bonds is 3. The van der Waals surface area contributed by atoms with Crippen molar-refractivity contribution in [1.82, 2.24) is 0 Å². The first-order valence-corrected chi connectivity index (χ1v) is 5.57. The first-order chi connectivity index (χ1) is 8.16. The molecule has 0 aliphatic heterocycles. The number of para-hydroxylation sites is 1. The van der Waals surface area contributed by atoms with Crippen LogP contribution in [0.25, 0.3) is 0 Å². The zero-order chi connectivity index (χ0) is 12.3. The van der Waals surface area contributed by atoms with Crippen molar-refractivity contribution >= 4 is 23.0 Å². The Morgan fingerprint density at radius 2 is 1.94 bits per heavy atom. The van der Waals surface area contributed by atoms with Crippen LogP contribution in [-0.4, -0.2) is 0 Å². The zero-order valence-electron chi connectivity index (χ0n) is 9.08. The van der Waals surface area contributed by atoms with E-state index in [-0.39, 0.29) is 5.82 Å².